The third-order valence-corrected chi connectivity index (χ3v) is 5.61. The quantitative estimate of drug-likeness (QED) is 0.252. The maximum absolute atomic E-state index is 12.3. The number of fused-ring (bicyclic) bond motifs is 1. The van der Waals surface area contributed by atoms with Crippen LogP contribution in [0.4, 0.5) is 5.69 Å². The van der Waals surface area contributed by atoms with Crippen molar-refractivity contribution in [3.8, 4) is 11.3 Å². The normalized spacial score (nSPS) is 11.1. The molecule has 0 saturated carbocycles. The van der Waals surface area contributed by atoms with E-state index in [2.05, 4.69) is 15.6 Å². The van der Waals surface area contributed by atoms with Gasteiger partial charge in [-0.2, -0.15) is 0 Å². The molecular formula is C24H17Cl2N3O2S. The van der Waals surface area contributed by atoms with Crippen LogP contribution in [0.5, 0.6) is 0 Å². The minimum absolute atomic E-state index is 0.168. The van der Waals surface area contributed by atoms with Gasteiger partial charge in [-0.05, 0) is 61.6 Å². The van der Waals surface area contributed by atoms with Gasteiger partial charge >= 0.3 is 0 Å². The highest BCUT2D eigenvalue weighted by molar-refractivity contribution is 7.80. The third kappa shape index (κ3) is 4.99. The number of nitrogens with zero attached hydrogens (tertiary/aromatic N) is 1. The van der Waals surface area contributed by atoms with Crippen LogP contribution in [0.1, 0.15) is 11.5 Å². The molecule has 5 nitrogen and oxygen atoms in total. The summed E-state index contributed by atoms with van der Waals surface area (Å²) in [5, 5.41) is 7.64. The van der Waals surface area contributed by atoms with Crippen LogP contribution >= 0.6 is 35.4 Å². The first-order valence-corrected chi connectivity index (χ1v) is 10.8. The molecule has 32 heavy (non-hydrogen) atoms. The van der Waals surface area contributed by atoms with E-state index in [9.17, 15) is 4.79 Å². The van der Waals surface area contributed by atoms with Gasteiger partial charge in [0.05, 0.1) is 21.2 Å². The molecule has 0 aliphatic heterocycles. The second-order valence-corrected chi connectivity index (χ2v) is 8.10. The number of thiocarbonyl (C=S) groups is 1. The van der Waals surface area contributed by atoms with Crippen LogP contribution in [0.25, 0.3) is 28.3 Å². The molecule has 0 radical (unpaired) electrons. The van der Waals surface area contributed by atoms with Crippen molar-refractivity contribution in [3.63, 3.8) is 0 Å². The maximum atomic E-state index is 12.3. The first-order valence-electron chi connectivity index (χ1n) is 9.61. The fraction of sp³-hybridized carbons (Fsp3) is 0.0417. The maximum Gasteiger partial charge on any atom is 0.250 e. The fourth-order valence-corrected chi connectivity index (χ4v) is 3.70. The summed E-state index contributed by atoms with van der Waals surface area (Å²) >= 11 is 17.6. The molecule has 4 rings (SSSR count). The molecule has 4 aromatic rings. The minimum Gasteiger partial charge on any atom is -0.457 e. The number of furan rings is 1. The van der Waals surface area contributed by atoms with E-state index in [0.29, 0.717) is 27.1 Å². The summed E-state index contributed by atoms with van der Waals surface area (Å²) < 4.78 is 5.75. The van der Waals surface area contributed by atoms with Gasteiger partial charge in [-0.25, -0.2) is 0 Å². The number of carbonyl (C=O) groups is 1. The number of pyridine rings is 1. The van der Waals surface area contributed by atoms with E-state index in [1.165, 1.54) is 6.08 Å². The lowest BCUT2D eigenvalue weighted by molar-refractivity contribution is -0.115. The van der Waals surface area contributed by atoms with Crippen LogP contribution in [-0.4, -0.2) is 16.0 Å². The molecule has 2 N–H and O–H groups in total. The zero-order chi connectivity index (χ0) is 22.7. The number of anilines is 1. The molecule has 0 bridgehead atoms. The smallest absolute Gasteiger partial charge is 0.250 e. The van der Waals surface area contributed by atoms with Crippen molar-refractivity contribution in [2.45, 2.75) is 6.92 Å². The summed E-state index contributed by atoms with van der Waals surface area (Å²) in [7, 11) is 0. The van der Waals surface area contributed by atoms with E-state index in [4.69, 9.17) is 39.8 Å². The Bertz CT molecular complexity index is 1360. The van der Waals surface area contributed by atoms with Crippen molar-refractivity contribution < 1.29 is 9.21 Å². The van der Waals surface area contributed by atoms with Gasteiger partial charge in [0.15, 0.2) is 5.11 Å². The average Bonchev–Trinajstić information content (AvgIpc) is 3.23. The number of hydrogen-bond acceptors (Lipinski definition) is 4. The van der Waals surface area contributed by atoms with E-state index >= 15 is 0 Å². The van der Waals surface area contributed by atoms with E-state index in [1.54, 1.807) is 36.4 Å². The van der Waals surface area contributed by atoms with Crippen LogP contribution in [0, 0.1) is 6.92 Å². The molecule has 1 amide bonds. The molecule has 2 heterocycles. The number of benzene rings is 2. The van der Waals surface area contributed by atoms with Gasteiger partial charge in [-0.3, -0.25) is 15.1 Å². The SMILES string of the molecule is Cc1ccc2cccc(NC(=S)NC(=O)/C=C/c3ccc(-c4cccc(Cl)c4Cl)o3)c2n1. The molecule has 0 unspecified atom stereocenters. The number of nitrogens with one attached hydrogen (secondary N) is 2. The van der Waals surface area contributed by atoms with Gasteiger partial charge < -0.3 is 9.73 Å². The monoisotopic (exact) mass is 481 g/mol. The van der Waals surface area contributed by atoms with E-state index in [-0.39, 0.29) is 5.11 Å². The Morgan fingerprint density at radius 3 is 2.72 bits per heavy atom. The Morgan fingerprint density at radius 2 is 1.88 bits per heavy atom. The van der Waals surface area contributed by atoms with Crippen molar-refractivity contribution in [1.82, 2.24) is 10.3 Å². The number of hydrogen-bond donors (Lipinski definition) is 2. The number of halogens is 2. The van der Waals surface area contributed by atoms with Gasteiger partial charge in [0.1, 0.15) is 11.5 Å². The second kappa shape index (κ2) is 9.53. The zero-order valence-corrected chi connectivity index (χ0v) is 19.2. The predicted octanol–water partition coefficient (Wildman–Crippen LogP) is 6.64. The Hall–Kier alpha value is -3.19. The Kier molecular flexibility index (Phi) is 6.55. The molecule has 0 atom stereocenters. The number of aryl methyl sites for hydroxylation is 1. The summed E-state index contributed by atoms with van der Waals surface area (Å²) in [6.07, 6.45) is 2.88. The molecule has 160 valence electrons. The van der Waals surface area contributed by atoms with Crippen LogP contribution in [0.15, 0.2) is 71.2 Å². The highest BCUT2D eigenvalue weighted by Crippen LogP contribution is 2.34. The number of rotatable bonds is 4. The van der Waals surface area contributed by atoms with Gasteiger partial charge in [-0.1, -0.05) is 47.5 Å². The number of carbonyl (C=O) groups excluding carboxylic acids is 1. The van der Waals surface area contributed by atoms with Gasteiger partial charge in [0, 0.05) is 22.7 Å². The first kappa shape index (κ1) is 22.0. The van der Waals surface area contributed by atoms with E-state index in [1.807, 2.05) is 37.3 Å². The highest BCUT2D eigenvalue weighted by Gasteiger charge is 2.11. The predicted molar refractivity (Wildman–Crippen MR) is 134 cm³/mol. The van der Waals surface area contributed by atoms with Gasteiger partial charge in [0.2, 0.25) is 5.91 Å². The standard InChI is InChI=1S/C24H17Cl2N3O2S/c1-14-8-9-15-4-2-7-19(23(15)27-14)28-24(32)29-21(30)13-11-16-10-12-20(31-16)17-5-3-6-18(25)22(17)26/h2-13H,1H3,(H2,28,29,30,32)/b13-11+. The van der Waals surface area contributed by atoms with Crippen molar-refractivity contribution >= 4 is 69.1 Å². The van der Waals surface area contributed by atoms with Crippen LogP contribution in [0.2, 0.25) is 10.0 Å². The lowest BCUT2D eigenvalue weighted by Gasteiger charge is -2.10. The van der Waals surface area contributed by atoms with Crippen molar-refractivity contribution in [2.24, 2.45) is 0 Å². The molecule has 8 heteroatoms. The molecule has 2 aromatic heterocycles. The zero-order valence-electron chi connectivity index (χ0n) is 16.9. The molecular weight excluding hydrogens is 465 g/mol. The Morgan fingerprint density at radius 1 is 1.06 bits per heavy atom. The van der Waals surface area contributed by atoms with Crippen molar-refractivity contribution in [1.29, 1.82) is 0 Å². The van der Waals surface area contributed by atoms with Crippen LogP contribution in [-0.2, 0) is 4.79 Å². The van der Waals surface area contributed by atoms with Gasteiger partial charge in [-0.15, -0.1) is 0 Å². The van der Waals surface area contributed by atoms with Crippen molar-refractivity contribution in [2.75, 3.05) is 5.32 Å². The summed E-state index contributed by atoms with van der Waals surface area (Å²) in [6, 6.07) is 18.4. The molecule has 0 fully saturated rings. The molecule has 0 spiro atoms. The Labute approximate surface area is 200 Å². The summed E-state index contributed by atoms with van der Waals surface area (Å²) in [6.45, 7) is 1.92. The fourth-order valence-electron chi connectivity index (χ4n) is 3.09. The minimum atomic E-state index is -0.398. The topological polar surface area (TPSA) is 67.2 Å². The molecule has 0 aliphatic rings. The van der Waals surface area contributed by atoms with Crippen molar-refractivity contribution in [3.05, 3.63) is 88.2 Å². The second-order valence-electron chi connectivity index (χ2n) is 6.91. The molecule has 0 saturated heterocycles. The Balaban J connectivity index is 1.41. The van der Waals surface area contributed by atoms with E-state index < -0.39 is 5.91 Å². The highest BCUT2D eigenvalue weighted by atomic mass is 35.5. The van der Waals surface area contributed by atoms with Gasteiger partial charge in [0.25, 0.3) is 0 Å². The lowest BCUT2D eigenvalue weighted by atomic mass is 10.2. The lowest BCUT2D eigenvalue weighted by Crippen LogP contribution is -2.32. The van der Waals surface area contributed by atoms with Crippen LogP contribution in [0.3, 0.4) is 0 Å². The largest absolute Gasteiger partial charge is 0.457 e. The third-order valence-electron chi connectivity index (χ3n) is 4.59. The number of amides is 1. The molecule has 2 aromatic carbocycles. The van der Waals surface area contributed by atoms with Crippen LogP contribution < -0.4 is 10.6 Å². The summed E-state index contributed by atoms with van der Waals surface area (Å²) in [4.78, 5) is 16.8. The summed E-state index contributed by atoms with van der Waals surface area (Å²) in [5.41, 5.74) is 3.06. The van der Waals surface area contributed by atoms with E-state index in [0.717, 1.165) is 22.3 Å². The molecule has 0 aliphatic carbocycles. The number of aromatic nitrogens is 1. The number of para-hydroxylation sites is 1. The first-order chi connectivity index (χ1) is 15.4. The summed E-state index contributed by atoms with van der Waals surface area (Å²) in [5.74, 6) is 0.637. The average molecular weight is 482 g/mol.